The highest BCUT2D eigenvalue weighted by atomic mass is 32.2. The molecule has 0 aliphatic carbocycles. The van der Waals surface area contributed by atoms with Gasteiger partial charge >= 0.3 is 0 Å². The second-order valence-corrected chi connectivity index (χ2v) is 22.0. The van der Waals surface area contributed by atoms with E-state index in [2.05, 4.69) is 53.1 Å². The smallest absolute Gasteiger partial charge is 0.158 e. The Balaban J connectivity index is 3.58. The molecule has 0 spiro atoms. The van der Waals surface area contributed by atoms with Crippen LogP contribution in [0.1, 0.15) is 39.5 Å². The van der Waals surface area contributed by atoms with E-state index in [1.807, 2.05) is 0 Å². The molecule has 5 heteroatoms. The lowest BCUT2D eigenvalue weighted by Gasteiger charge is -2.36. The zero-order valence-corrected chi connectivity index (χ0v) is 16.9. The Labute approximate surface area is 122 Å². The number of hydrogen-bond acceptors (Lipinski definition) is 2. The summed E-state index contributed by atoms with van der Waals surface area (Å²) in [6.45, 7) is 17.8. The van der Waals surface area contributed by atoms with Crippen molar-refractivity contribution in [3.8, 4) is 0 Å². The van der Waals surface area contributed by atoms with Crippen molar-refractivity contribution in [2.75, 3.05) is 0 Å². The first-order chi connectivity index (χ1) is 8.37. The molecule has 0 aromatic rings. The molecular formula is C14H32O2SSi2. The summed E-state index contributed by atoms with van der Waals surface area (Å²) < 4.78 is 25.7. The van der Waals surface area contributed by atoms with Gasteiger partial charge in [0.15, 0.2) is 9.84 Å². The Morgan fingerprint density at radius 1 is 0.737 bits per heavy atom. The van der Waals surface area contributed by atoms with Crippen LogP contribution in [0.3, 0.4) is 0 Å². The summed E-state index contributed by atoms with van der Waals surface area (Å²) >= 11 is 0. The fraction of sp³-hybridized carbons (Fsp3) is 1.00. The quantitative estimate of drug-likeness (QED) is 0.541. The Morgan fingerprint density at radius 2 is 1.00 bits per heavy atom. The molecule has 114 valence electrons. The van der Waals surface area contributed by atoms with E-state index in [0.29, 0.717) is 0 Å². The monoisotopic (exact) mass is 320 g/mol. The average Bonchev–Trinajstić information content (AvgIpc) is 2.61. The molecule has 0 amide bonds. The lowest BCUT2D eigenvalue weighted by atomic mass is 10.1. The van der Waals surface area contributed by atoms with E-state index in [-0.39, 0.29) is 8.74 Å². The van der Waals surface area contributed by atoms with E-state index >= 15 is 0 Å². The van der Waals surface area contributed by atoms with E-state index in [0.717, 1.165) is 25.7 Å². The first-order valence-corrected chi connectivity index (χ1v) is 16.1. The summed E-state index contributed by atoms with van der Waals surface area (Å²) in [6.07, 6.45) is 3.74. The summed E-state index contributed by atoms with van der Waals surface area (Å²) in [5, 5.41) is 0. The number of rotatable bonds is 6. The van der Waals surface area contributed by atoms with Crippen LogP contribution in [-0.2, 0) is 9.84 Å². The molecule has 0 aromatic carbocycles. The van der Waals surface area contributed by atoms with Crippen molar-refractivity contribution in [3.05, 3.63) is 0 Å². The molecule has 1 aliphatic heterocycles. The van der Waals surface area contributed by atoms with Crippen LogP contribution in [0.4, 0.5) is 0 Å². The van der Waals surface area contributed by atoms with Gasteiger partial charge in [0.25, 0.3) is 0 Å². The van der Waals surface area contributed by atoms with Gasteiger partial charge in [0.2, 0.25) is 0 Å². The van der Waals surface area contributed by atoms with E-state index in [4.69, 9.17) is 0 Å². The molecule has 2 atom stereocenters. The fourth-order valence-corrected chi connectivity index (χ4v) is 24.1. The standard InChI is InChI=1S/C14H32O2SSi2/c1-9-11-13(18(3,4)5)14(12-10-2,17(13,15)16)19(6,7)8/h9-12H2,1-8H3/t13-,14-/m1/s1. The van der Waals surface area contributed by atoms with Crippen LogP contribution < -0.4 is 0 Å². The summed E-state index contributed by atoms with van der Waals surface area (Å²) in [7, 11) is -6.47. The van der Waals surface area contributed by atoms with Crippen molar-refractivity contribution in [2.24, 2.45) is 0 Å². The molecule has 0 N–H and O–H groups in total. The van der Waals surface area contributed by atoms with Crippen molar-refractivity contribution < 1.29 is 8.42 Å². The van der Waals surface area contributed by atoms with Gasteiger partial charge in [-0.15, -0.1) is 0 Å². The molecule has 1 rings (SSSR count). The molecular weight excluding hydrogens is 288 g/mol. The van der Waals surface area contributed by atoms with Crippen molar-refractivity contribution in [1.29, 1.82) is 0 Å². The van der Waals surface area contributed by atoms with Crippen LogP contribution in [0.5, 0.6) is 0 Å². The van der Waals surface area contributed by atoms with Crippen molar-refractivity contribution in [2.45, 2.75) is 87.6 Å². The maximum absolute atomic E-state index is 13.2. The third kappa shape index (κ3) is 1.87. The van der Waals surface area contributed by atoms with Gasteiger partial charge in [0.1, 0.15) is 0 Å². The third-order valence-corrected chi connectivity index (χ3v) is 20.0. The van der Waals surface area contributed by atoms with Gasteiger partial charge in [0, 0.05) is 0 Å². The first-order valence-electron chi connectivity index (χ1n) is 7.61. The van der Waals surface area contributed by atoms with Gasteiger partial charge in [-0.2, -0.15) is 0 Å². The summed E-state index contributed by atoms with van der Waals surface area (Å²) in [4.78, 5) is 0. The van der Waals surface area contributed by atoms with Crippen LogP contribution in [0.25, 0.3) is 0 Å². The molecule has 0 unspecified atom stereocenters. The van der Waals surface area contributed by atoms with Crippen LogP contribution in [0.2, 0.25) is 39.3 Å². The van der Waals surface area contributed by atoms with Crippen LogP contribution >= 0.6 is 0 Å². The predicted molar refractivity (Wildman–Crippen MR) is 90.9 cm³/mol. The Morgan fingerprint density at radius 3 is 1.16 bits per heavy atom. The van der Waals surface area contributed by atoms with E-state index < -0.39 is 26.0 Å². The molecule has 0 radical (unpaired) electrons. The van der Waals surface area contributed by atoms with Gasteiger partial charge < -0.3 is 0 Å². The first kappa shape index (κ1) is 17.4. The van der Waals surface area contributed by atoms with E-state index in [1.165, 1.54) is 0 Å². The van der Waals surface area contributed by atoms with Crippen molar-refractivity contribution in [1.82, 2.24) is 0 Å². The second kappa shape index (κ2) is 4.70. The molecule has 1 aliphatic rings. The van der Waals surface area contributed by atoms with E-state index in [9.17, 15) is 8.42 Å². The number of hydrogen-bond donors (Lipinski definition) is 0. The van der Waals surface area contributed by atoms with Crippen LogP contribution in [0.15, 0.2) is 0 Å². The highest BCUT2D eigenvalue weighted by molar-refractivity contribution is 8.06. The molecule has 1 heterocycles. The molecule has 1 saturated heterocycles. The summed E-state index contributed by atoms with van der Waals surface area (Å²) in [5.41, 5.74) is 0. The topological polar surface area (TPSA) is 34.1 Å². The van der Waals surface area contributed by atoms with Gasteiger partial charge in [0.05, 0.1) is 24.9 Å². The minimum Gasteiger partial charge on any atom is -0.228 e. The molecule has 0 saturated carbocycles. The maximum atomic E-state index is 13.2. The third-order valence-electron chi connectivity index (χ3n) is 5.16. The fourth-order valence-electron chi connectivity index (χ4n) is 4.65. The molecule has 1 fully saturated rings. The molecule has 0 aromatic heterocycles. The summed E-state index contributed by atoms with van der Waals surface area (Å²) in [5.74, 6) is 0. The Bertz CT molecular complexity index is 409. The minimum atomic E-state index is -2.94. The zero-order chi connectivity index (χ0) is 15.3. The zero-order valence-electron chi connectivity index (χ0n) is 14.1. The van der Waals surface area contributed by atoms with E-state index in [1.54, 1.807) is 0 Å². The van der Waals surface area contributed by atoms with Gasteiger partial charge in [-0.3, -0.25) is 0 Å². The molecule has 2 nitrogen and oxygen atoms in total. The minimum absolute atomic E-state index is 0.345. The summed E-state index contributed by atoms with van der Waals surface area (Å²) in [6, 6.07) is 0. The van der Waals surface area contributed by atoms with Crippen LogP contribution in [0, 0.1) is 0 Å². The normalized spacial score (nSPS) is 34.3. The largest absolute Gasteiger partial charge is 0.228 e. The highest BCUT2D eigenvalue weighted by Gasteiger charge is 2.88. The Kier molecular flexibility index (Phi) is 4.31. The average molecular weight is 321 g/mol. The van der Waals surface area contributed by atoms with Gasteiger partial charge in [-0.05, 0) is 12.8 Å². The van der Waals surface area contributed by atoms with Crippen LogP contribution in [-0.4, -0.2) is 33.3 Å². The second-order valence-electron chi connectivity index (χ2n) is 8.16. The van der Waals surface area contributed by atoms with Gasteiger partial charge in [-0.1, -0.05) is 66.0 Å². The SMILES string of the molecule is CCC[C@@]1([Si](C)(C)C)[C@@](CCC)([Si](C)(C)C)S1(=O)=O. The molecule has 0 bridgehead atoms. The molecule has 19 heavy (non-hydrogen) atoms. The Hall–Kier alpha value is 0.384. The number of sulfone groups is 1. The maximum Gasteiger partial charge on any atom is 0.158 e. The lowest BCUT2D eigenvalue weighted by molar-refractivity contribution is 0.605. The van der Waals surface area contributed by atoms with Crippen molar-refractivity contribution in [3.63, 3.8) is 0 Å². The van der Waals surface area contributed by atoms with Crippen molar-refractivity contribution >= 4 is 26.0 Å². The highest BCUT2D eigenvalue weighted by Crippen LogP contribution is 2.68. The predicted octanol–water partition coefficient (Wildman–Crippen LogP) is 4.25. The van der Waals surface area contributed by atoms with Gasteiger partial charge in [-0.25, -0.2) is 8.42 Å². The lowest BCUT2D eigenvalue weighted by Crippen LogP contribution is -2.56.